The summed E-state index contributed by atoms with van der Waals surface area (Å²) in [5.74, 6) is -0.713. The van der Waals surface area contributed by atoms with Crippen molar-refractivity contribution in [2.45, 2.75) is 38.9 Å². The molecule has 0 fully saturated rings. The first-order valence-corrected chi connectivity index (χ1v) is 13.9. The van der Waals surface area contributed by atoms with Crippen LogP contribution < -0.4 is 5.32 Å². The van der Waals surface area contributed by atoms with Crippen LogP contribution in [0.15, 0.2) is 60.7 Å². The first kappa shape index (κ1) is 29.9. The molecule has 0 aliphatic carbocycles. The molecular weight excluding hydrogens is 496 g/mol. The van der Waals surface area contributed by atoms with Gasteiger partial charge in [-0.3, -0.25) is 9.36 Å². The predicted octanol–water partition coefficient (Wildman–Crippen LogP) is 5.06. The molecule has 0 aromatic heterocycles. The zero-order valence-electron chi connectivity index (χ0n) is 21.4. The Bertz CT molecular complexity index is 1240. The van der Waals surface area contributed by atoms with Gasteiger partial charge in [0.05, 0.1) is 17.8 Å². The minimum atomic E-state index is -3.34. The van der Waals surface area contributed by atoms with Gasteiger partial charge in [-0.2, -0.15) is 0 Å². The lowest BCUT2D eigenvalue weighted by atomic mass is 9.93. The van der Waals surface area contributed by atoms with Gasteiger partial charge < -0.3 is 20.3 Å². The van der Waals surface area contributed by atoms with Gasteiger partial charge in [0.1, 0.15) is 12.0 Å². The molecule has 0 aliphatic heterocycles. The van der Waals surface area contributed by atoms with Crippen LogP contribution >= 0.6 is 7.37 Å². The van der Waals surface area contributed by atoms with Crippen LogP contribution in [0.3, 0.4) is 0 Å². The third kappa shape index (κ3) is 8.64. The van der Waals surface area contributed by atoms with E-state index in [-0.39, 0.29) is 17.5 Å². The van der Waals surface area contributed by atoms with Gasteiger partial charge in [-0.1, -0.05) is 48.5 Å². The van der Waals surface area contributed by atoms with Crippen LogP contribution in [0.2, 0.25) is 0 Å². The molecule has 0 saturated carbocycles. The molecule has 7 nitrogen and oxygen atoms in total. The van der Waals surface area contributed by atoms with Gasteiger partial charge in [-0.25, -0.2) is 0 Å². The topological polar surface area (TPSA) is 113 Å². The highest BCUT2D eigenvalue weighted by molar-refractivity contribution is 7.57. The molecule has 3 aromatic carbocycles. The SMILES string of the molecule is CO.Cc1cc(CP(C)(=O)OF)cc(C)c1Cc1ccc(O)c(C(=O)N[C@H](C=O)Cc2ccccc2)c1. The number of phenols is 1. The Balaban J connectivity index is 0.00000235. The minimum absolute atomic E-state index is 0.00410. The lowest BCUT2D eigenvalue weighted by Crippen LogP contribution is -2.37. The van der Waals surface area contributed by atoms with E-state index in [1.54, 1.807) is 12.1 Å². The normalized spacial score (nSPS) is 13.0. The second-order valence-corrected chi connectivity index (χ2v) is 11.4. The first-order valence-electron chi connectivity index (χ1n) is 11.6. The minimum Gasteiger partial charge on any atom is -0.507 e. The highest BCUT2D eigenvalue weighted by atomic mass is 31.2. The van der Waals surface area contributed by atoms with Crippen molar-refractivity contribution < 1.29 is 33.6 Å². The van der Waals surface area contributed by atoms with E-state index < -0.39 is 19.3 Å². The Hall–Kier alpha value is -3.32. The number of carbonyl (C=O) groups excluding carboxylic acids is 2. The Kier molecular flexibility index (Phi) is 11.2. The maximum Gasteiger partial charge on any atom is 0.255 e. The molecule has 37 heavy (non-hydrogen) atoms. The molecule has 0 saturated heterocycles. The number of carbonyl (C=O) groups is 2. The standard InChI is InChI=1S/C27H29FNO5P.CH4O/c1-18-11-22(17-35(3,33)34-28)12-19(2)24(18)14-21-9-10-26(31)25(15-21)27(32)29-23(16-30)13-20-7-5-4-6-8-20;1-2/h4-12,15-16,23,31H,13-14,17H2,1-3H3,(H,29,32);2H,1H3/t23-,35?;/m0./s1. The van der Waals surface area contributed by atoms with E-state index in [2.05, 4.69) is 10.0 Å². The number of aromatic hydroxyl groups is 1. The van der Waals surface area contributed by atoms with Crippen molar-refractivity contribution in [2.24, 2.45) is 0 Å². The van der Waals surface area contributed by atoms with E-state index >= 15 is 0 Å². The van der Waals surface area contributed by atoms with Gasteiger partial charge in [-0.05, 0) is 76.7 Å². The number of rotatable bonds is 10. The number of nitrogens with one attached hydrogen (secondary N) is 1. The van der Waals surface area contributed by atoms with Gasteiger partial charge in [0.2, 0.25) is 7.37 Å². The van der Waals surface area contributed by atoms with Crippen molar-refractivity contribution in [1.29, 1.82) is 0 Å². The van der Waals surface area contributed by atoms with Crippen LogP contribution in [0.4, 0.5) is 4.53 Å². The molecule has 1 amide bonds. The Morgan fingerprint density at radius 1 is 1.03 bits per heavy atom. The molecule has 1 unspecified atom stereocenters. The van der Waals surface area contributed by atoms with Crippen LogP contribution in [0.5, 0.6) is 5.75 Å². The summed E-state index contributed by atoms with van der Waals surface area (Å²) in [7, 11) is -2.34. The number of phenolic OH excluding ortho intramolecular Hbond substituents is 1. The number of aryl methyl sites for hydroxylation is 2. The number of amides is 1. The second kappa shape index (κ2) is 13.8. The quantitative estimate of drug-likeness (QED) is 0.250. The van der Waals surface area contributed by atoms with Gasteiger partial charge in [0.25, 0.3) is 5.91 Å². The van der Waals surface area contributed by atoms with Gasteiger partial charge in [0, 0.05) is 13.8 Å². The number of benzene rings is 3. The molecule has 198 valence electrons. The van der Waals surface area contributed by atoms with Crippen molar-refractivity contribution in [2.75, 3.05) is 13.8 Å². The second-order valence-electron chi connectivity index (χ2n) is 8.88. The van der Waals surface area contributed by atoms with Crippen molar-refractivity contribution in [3.63, 3.8) is 0 Å². The van der Waals surface area contributed by atoms with E-state index in [0.717, 1.165) is 40.5 Å². The zero-order valence-corrected chi connectivity index (χ0v) is 22.3. The Morgan fingerprint density at radius 3 is 2.22 bits per heavy atom. The van der Waals surface area contributed by atoms with Crippen molar-refractivity contribution in [3.05, 3.63) is 99.6 Å². The summed E-state index contributed by atoms with van der Waals surface area (Å²) < 4.78 is 28.2. The van der Waals surface area contributed by atoms with Crippen molar-refractivity contribution >= 4 is 19.6 Å². The van der Waals surface area contributed by atoms with Crippen LogP contribution in [-0.2, 0) is 33.1 Å². The molecule has 2 atom stereocenters. The number of aldehydes is 1. The Labute approximate surface area is 216 Å². The summed E-state index contributed by atoms with van der Waals surface area (Å²) in [5, 5.41) is 20.0. The third-order valence-corrected chi connectivity index (χ3v) is 7.07. The average Bonchev–Trinajstić information content (AvgIpc) is 2.88. The fraction of sp³-hybridized carbons (Fsp3) is 0.286. The maximum atomic E-state index is 12.9. The molecule has 0 bridgehead atoms. The summed E-state index contributed by atoms with van der Waals surface area (Å²) in [6.07, 6.45) is 1.52. The number of aliphatic hydroxyl groups excluding tert-OH is 1. The zero-order chi connectivity index (χ0) is 27.6. The highest BCUT2D eigenvalue weighted by Gasteiger charge is 2.20. The van der Waals surface area contributed by atoms with Crippen LogP contribution in [0.1, 0.15) is 43.7 Å². The summed E-state index contributed by atoms with van der Waals surface area (Å²) in [6.45, 7) is 5.08. The van der Waals surface area contributed by atoms with Crippen LogP contribution in [0, 0.1) is 13.8 Å². The first-order chi connectivity index (χ1) is 17.6. The summed E-state index contributed by atoms with van der Waals surface area (Å²) in [6, 6.07) is 17.1. The fourth-order valence-corrected chi connectivity index (χ4v) is 5.03. The number of hydrogen-bond donors (Lipinski definition) is 3. The van der Waals surface area contributed by atoms with E-state index in [4.69, 9.17) is 5.11 Å². The summed E-state index contributed by atoms with van der Waals surface area (Å²) >= 11 is 0. The van der Waals surface area contributed by atoms with E-state index in [0.29, 0.717) is 19.1 Å². The van der Waals surface area contributed by atoms with Gasteiger partial charge >= 0.3 is 0 Å². The molecule has 0 spiro atoms. The number of hydrogen-bond acceptors (Lipinski definition) is 6. The predicted molar refractivity (Wildman–Crippen MR) is 142 cm³/mol. The third-order valence-electron chi connectivity index (χ3n) is 5.84. The highest BCUT2D eigenvalue weighted by Crippen LogP contribution is 2.46. The van der Waals surface area contributed by atoms with E-state index in [9.17, 15) is 23.8 Å². The monoisotopic (exact) mass is 529 g/mol. The molecule has 9 heteroatoms. The molecule has 3 aromatic rings. The molecule has 0 heterocycles. The van der Waals surface area contributed by atoms with E-state index in [1.807, 2.05) is 56.3 Å². The number of halogens is 1. The molecular formula is C28H33FNO6P. The summed E-state index contributed by atoms with van der Waals surface area (Å²) in [4.78, 5) is 24.4. The van der Waals surface area contributed by atoms with E-state index in [1.165, 1.54) is 12.7 Å². The number of aliphatic hydroxyl groups is 1. The molecule has 0 aliphatic rings. The maximum absolute atomic E-state index is 12.9. The smallest absolute Gasteiger partial charge is 0.255 e. The van der Waals surface area contributed by atoms with Gasteiger partial charge in [0.15, 0.2) is 0 Å². The lowest BCUT2D eigenvalue weighted by molar-refractivity contribution is -0.109. The largest absolute Gasteiger partial charge is 0.507 e. The molecule has 3 rings (SSSR count). The van der Waals surface area contributed by atoms with Crippen LogP contribution in [-0.4, -0.2) is 42.2 Å². The van der Waals surface area contributed by atoms with Crippen molar-refractivity contribution in [1.82, 2.24) is 5.32 Å². The fourth-order valence-electron chi connectivity index (χ4n) is 4.14. The van der Waals surface area contributed by atoms with Crippen molar-refractivity contribution in [3.8, 4) is 5.75 Å². The summed E-state index contributed by atoms with van der Waals surface area (Å²) in [5.41, 5.74) is 5.38. The Morgan fingerprint density at radius 2 is 1.65 bits per heavy atom. The van der Waals surface area contributed by atoms with Crippen LogP contribution in [0.25, 0.3) is 0 Å². The molecule has 3 N–H and O–H groups in total. The average molecular weight is 530 g/mol. The van der Waals surface area contributed by atoms with Gasteiger partial charge in [-0.15, -0.1) is 4.73 Å². The molecule has 0 radical (unpaired) electrons. The lowest BCUT2D eigenvalue weighted by Gasteiger charge is -2.16.